The number of fused-ring (bicyclic) bond motifs is 1. The summed E-state index contributed by atoms with van der Waals surface area (Å²) in [6.07, 6.45) is 6.35. The molecule has 43 heavy (non-hydrogen) atoms. The van der Waals surface area contributed by atoms with Gasteiger partial charge < -0.3 is 29.2 Å². The van der Waals surface area contributed by atoms with Crippen LogP contribution in [-0.2, 0) is 14.3 Å². The first-order chi connectivity index (χ1) is 20.8. The van der Waals surface area contributed by atoms with E-state index >= 15 is 0 Å². The third-order valence-electron chi connectivity index (χ3n) is 8.79. The Morgan fingerprint density at radius 1 is 1.12 bits per heavy atom. The van der Waals surface area contributed by atoms with Crippen LogP contribution in [0, 0.1) is 11.3 Å². The summed E-state index contributed by atoms with van der Waals surface area (Å²) in [4.78, 5) is 29.1. The van der Waals surface area contributed by atoms with Crippen LogP contribution in [0.1, 0.15) is 25.7 Å². The first-order valence-electron chi connectivity index (χ1n) is 14.4. The van der Waals surface area contributed by atoms with Gasteiger partial charge in [-0.1, -0.05) is 29.8 Å². The predicted octanol–water partition coefficient (Wildman–Crippen LogP) is 5.59. The van der Waals surface area contributed by atoms with Crippen molar-refractivity contribution < 1.29 is 23.7 Å². The molecule has 3 saturated heterocycles. The zero-order chi connectivity index (χ0) is 30.1. The maximum absolute atomic E-state index is 12.1. The number of carbonyl (C=O) groups excluding carboxylic acids is 1. The molecule has 3 aliphatic heterocycles. The third kappa shape index (κ3) is 5.85. The SMILES string of the molecule is C=CC(=O)C[C@H]1CCOC[C@H]1Nc1ncc2cc(-c3c(Cl)c(OC)cc(OC)c3Cl)nc(N3CC4(CCOCC4)C3)c2n1. The van der Waals surface area contributed by atoms with Crippen molar-refractivity contribution in [2.45, 2.75) is 31.7 Å². The van der Waals surface area contributed by atoms with E-state index in [4.69, 9.17) is 52.1 Å². The number of carbonyl (C=O) groups is 1. The number of halogens is 2. The lowest BCUT2D eigenvalue weighted by atomic mass is 9.73. The highest BCUT2D eigenvalue weighted by Gasteiger charge is 2.45. The number of anilines is 2. The Bertz CT molecular complexity index is 1510. The number of aromatic nitrogens is 3. The highest BCUT2D eigenvalue weighted by molar-refractivity contribution is 6.41. The monoisotopic (exact) mass is 627 g/mol. The summed E-state index contributed by atoms with van der Waals surface area (Å²) in [6, 6.07) is 3.43. The highest BCUT2D eigenvalue weighted by atomic mass is 35.5. The van der Waals surface area contributed by atoms with E-state index in [1.54, 1.807) is 26.5 Å². The van der Waals surface area contributed by atoms with E-state index in [9.17, 15) is 4.79 Å². The third-order valence-corrected chi connectivity index (χ3v) is 9.54. The van der Waals surface area contributed by atoms with Gasteiger partial charge >= 0.3 is 0 Å². The summed E-state index contributed by atoms with van der Waals surface area (Å²) in [6.45, 7) is 7.94. The number of rotatable bonds is 9. The van der Waals surface area contributed by atoms with E-state index in [0.717, 1.165) is 56.8 Å². The molecule has 0 unspecified atom stereocenters. The second kappa shape index (κ2) is 12.4. The summed E-state index contributed by atoms with van der Waals surface area (Å²) in [5.41, 5.74) is 1.99. The predicted molar refractivity (Wildman–Crippen MR) is 167 cm³/mol. The smallest absolute Gasteiger partial charge is 0.223 e. The van der Waals surface area contributed by atoms with Gasteiger partial charge in [0.25, 0.3) is 0 Å². The number of pyridine rings is 1. The van der Waals surface area contributed by atoms with Crippen LogP contribution in [-0.4, -0.2) is 80.5 Å². The molecule has 0 saturated carbocycles. The number of ketones is 1. The van der Waals surface area contributed by atoms with Gasteiger partial charge in [0.2, 0.25) is 5.95 Å². The van der Waals surface area contributed by atoms with Gasteiger partial charge in [0, 0.05) is 68.0 Å². The Hall–Kier alpha value is -3.18. The molecule has 0 amide bonds. The molecule has 1 spiro atoms. The summed E-state index contributed by atoms with van der Waals surface area (Å²) in [5, 5.41) is 4.90. The molecule has 2 aromatic heterocycles. The number of hydrogen-bond acceptors (Lipinski definition) is 10. The Morgan fingerprint density at radius 2 is 1.84 bits per heavy atom. The number of methoxy groups -OCH3 is 2. The van der Waals surface area contributed by atoms with Crippen LogP contribution < -0.4 is 19.7 Å². The minimum absolute atomic E-state index is 0.0171. The van der Waals surface area contributed by atoms with Crippen LogP contribution in [0.25, 0.3) is 22.2 Å². The molecule has 0 radical (unpaired) electrons. The first kappa shape index (κ1) is 29.9. The average molecular weight is 629 g/mol. The lowest BCUT2D eigenvalue weighted by molar-refractivity contribution is -0.116. The van der Waals surface area contributed by atoms with Crippen LogP contribution in [0.5, 0.6) is 11.5 Å². The summed E-state index contributed by atoms with van der Waals surface area (Å²) in [7, 11) is 3.09. The molecule has 12 heteroatoms. The quantitative estimate of drug-likeness (QED) is 0.301. The van der Waals surface area contributed by atoms with Gasteiger partial charge in [-0.15, -0.1) is 0 Å². The zero-order valence-corrected chi connectivity index (χ0v) is 25.8. The van der Waals surface area contributed by atoms with Gasteiger partial charge in [0.05, 0.1) is 42.6 Å². The fourth-order valence-corrected chi connectivity index (χ4v) is 6.97. The lowest BCUT2D eigenvalue weighted by Gasteiger charge is -2.52. The van der Waals surface area contributed by atoms with Crippen molar-refractivity contribution in [1.82, 2.24) is 15.0 Å². The molecule has 3 aliphatic rings. The van der Waals surface area contributed by atoms with E-state index in [1.807, 2.05) is 6.07 Å². The Kier molecular flexibility index (Phi) is 8.64. The standard InChI is InChI=1S/C31H35Cl2N5O5/c1-4-20(39)11-18-5-8-43-15-22(18)36-30-34-14-19-12-21(25-26(32)23(40-2)13-24(41-3)27(25)33)35-29(28(19)37-30)38-16-31(17-38)6-9-42-10-7-31/h4,12-14,18,22H,1,5-11,15-17H2,2-3H3,(H,34,36,37)/t18-,22-/m1/s1. The largest absolute Gasteiger partial charge is 0.495 e. The van der Waals surface area contributed by atoms with E-state index < -0.39 is 0 Å². The molecule has 1 N–H and O–H groups in total. The van der Waals surface area contributed by atoms with Crippen molar-refractivity contribution in [1.29, 1.82) is 0 Å². The van der Waals surface area contributed by atoms with Crippen molar-refractivity contribution in [3.05, 3.63) is 41.0 Å². The van der Waals surface area contributed by atoms with Crippen molar-refractivity contribution in [3.63, 3.8) is 0 Å². The fraction of sp³-hybridized carbons (Fsp3) is 0.484. The maximum atomic E-state index is 12.1. The summed E-state index contributed by atoms with van der Waals surface area (Å²) in [5.74, 6) is 2.15. The number of benzene rings is 1. The number of allylic oxidation sites excluding steroid dienone is 1. The molecule has 2 atom stereocenters. The molecule has 3 aromatic rings. The summed E-state index contributed by atoms with van der Waals surface area (Å²) >= 11 is 13.6. The van der Waals surface area contributed by atoms with Crippen LogP contribution in [0.2, 0.25) is 10.0 Å². The normalized spacial score (nSPS) is 21.3. The van der Waals surface area contributed by atoms with E-state index in [0.29, 0.717) is 63.9 Å². The average Bonchev–Trinajstić information content (AvgIpc) is 3.01. The number of nitrogens with zero attached hydrogens (tertiary/aromatic N) is 4. The molecule has 3 fully saturated rings. The van der Waals surface area contributed by atoms with E-state index in [-0.39, 0.29) is 23.2 Å². The van der Waals surface area contributed by atoms with E-state index in [1.165, 1.54) is 6.08 Å². The molecule has 6 rings (SSSR count). The van der Waals surface area contributed by atoms with Crippen LogP contribution in [0.3, 0.4) is 0 Å². The van der Waals surface area contributed by atoms with Gasteiger partial charge in [-0.2, -0.15) is 0 Å². The van der Waals surface area contributed by atoms with Crippen LogP contribution in [0.4, 0.5) is 11.8 Å². The van der Waals surface area contributed by atoms with Crippen molar-refractivity contribution in [3.8, 4) is 22.8 Å². The molecule has 1 aromatic carbocycles. The minimum atomic E-state index is -0.109. The Balaban J connectivity index is 1.41. The van der Waals surface area contributed by atoms with Crippen molar-refractivity contribution in [2.75, 3.05) is 64.0 Å². The molecule has 10 nitrogen and oxygen atoms in total. The molecule has 0 bridgehead atoms. The van der Waals surface area contributed by atoms with E-state index in [2.05, 4.69) is 21.8 Å². The maximum Gasteiger partial charge on any atom is 0.223 e. The van der Waals surface area contributed by atoms with Gasteiger partial charge in [-0.25, -0.2) is 15.0 Å². The number of nitrogens with one attached hydrogen (secondary N) is 1. The highest BCUT2D eigenvalue weighted by Crippen LogP contribution is 2.48. The number of hydrogen-bond donors (Lipinski definition) is 1. The van der Waals surface area contributed by atoms with Crippen molar-refractivity contribution in [2.24, 2.45) is 11.3 Å². The lowest BCUT2D eigenvalue weighted by Crippen LogP contribution is -2.59. The second-order valence-corrected chi connectivity index (χ2v) is 12.2. The molecular weight excluding hydrogens is 593 g/mol. The molecular formula is C31H35Cl2N5O5. The topological polar surface area (TPSA) is 108 Å². The molecule has 228 valence electrons. The summed E-state index contributed by atoms with van der Waals surface area (Å²) < 4.78 is 22.4. The van der Waals surface area contributed by atoms with Crippen LogP contribution >= 0.6 is 23.2 Å². The molecule has 0 aliphatic carbocycles. The Labute approximate surface area is 260 Å². The number of ether oxygens (including phenoxy) is 4. The Morgan fingerprint density at radius 3 is 2.51 bits per heavy atom. The fourth-order valence-electron chi connectivity index (χ4n) is 6.28. The van der Waals surface area contributed by atoms with Gasteiger partial charge in [-0.3, -0.25) is 4.79 Å². The minimum Gasteiger partial charge on any atom is -0.495 e. The second-order valence-electron chi connectivity index (χ2n) is 11.5. The van der Waals surface area contributed by atoms with Crippen molar-refractivity contribution >= 4 is 51.7 Å². The molecule has 5 heterocycles. The van der Waals surface area contributed by atoms with Gasteiger partial charge in [0.1, 0.15) is 17.0 Å². The zero-order valence-electron chi connectivity index (χ0n) is 24.3. The van der Waals surface area contributed by atoms with Crippen LogP contribution in [0.15, 0.2) is 31.0 Å². The van der Waals surface area contributed by atoms with Gasteiger partial charge in [0.15, 0.2) is 11.6 Å². The van der Waals surface area contributed by atoms with Gasteiger partial charge in [-0.05, 0) is 37.3 Å². The first-order valence-corrected chi connectivity index (χ1v) is 15.2.